The zero-order valence-corrected chi connectivity index (χ0v) is 12.1. The van der Waals surface area contributed by atoms with Gasteiger partial charge in [-0.15, -0.1) is 0 Å². The lowest BCUT2D eigenvalue weighted by Gasteiger charge is -2.09. The summed E-state index contributed by atoms with van der Waals surface area (Å²) in [6, 6.07) is 2.01. The molecule has 112 valence electrons. The summed E-state index contributed by atoms with van der Waals surface area (Å²) < 4.78 is 66.7. The van der Waals surface area contributed by atoms with Crippen LogP contribution in [0, 0.1) is 0 Å². The van der Waals surface area contributed by atoms with Crippen LogP contribution in [0.5, 0.6) is 0 Å². The maximum Gasteiger partial charge on any atom is 0.338 e. The van der Waals surface area contributed by atoms with E-state index in [0.717, 1.165) is 12.1 Å². The van der Waals surface area contributed by atoms with Crippen LogP contribution < -0.4 is 0 Å². The quantitative estimate of drug-likeness (QED) is 0.611. The predicted molar refractivity (Wildman–Crippen MR) is 66.6 cm³/mol. The van der Waals surface area contributed by atoms with E-state index in [0.29, 0.717) is 6.07 Å². The summed E-state index contributed by atoms with van der Waals surface area (Å²) in [6.45, 7) is 3.07. The molecular formula is C10H12O8S2. The van der Waals surface area contributed by atoms with Crippen LogP contribution in [-0.4, -0.2) is 38.0 Å². The zero-order valence-electron chi connectivity index (χ0n) is 10.5. The van der Waals surface area contributed by atoms with Crippen molar-refractivity contribution in [2.75, 3.05) is 0 Å². The number of carbonyl (C=O) groups is 1. The van der Waals surface area contributed by atoms with Crippen LogP contribution in [0.2, 0.25) is 0 Å². The molecule has 0 aliphatic heterocycles. The fourth-order valence-corrected chi connectivity index (χ4v) is 2.45. The van der Waals surface area contributed by atoms with E-state index in [1.165, 1.54) is 13.8 Å². The molecule has 20 heavy (non-hydrogen) atoms. The van der Waals surface area contributed by atoms with E-state index in [-0.39, 0.29) is 0 Å². The van der Waals surface area contributed by atoms with Gasteiger partial charge >= 0.3 is 5.97 Å². The summed E-state index contributed by atoms with van der Waals surface area (Å²) >= 11 is 0. The van der Waals surface area contributed by atoms with E-state index in [1.807, 2.05) is 0 Å². The highest BCUT2D eigenvalue weighted by Gasteiger charge is 2.21. The number of benzene rings is 1. The van der Waals surface area contributed by atoms with Crippen LogP contribution in [0.4, 0.5) is 0 Å². The number of ether oxygens (including phenoxy) is 1. The SMILES string of the molecule is CC(C)OC(=O)c1cc(S(=O)(=O)O)cc(S(=O)(=O)O)c1. The highest BCUT2D eigenvalue weighted by Crippen LogP contribution is 2.20. The Morgan fingerprint density at radius 3 is 1.70 bits per heavy atom. The van der Waals surface area contributed by atoms with Crippen molar-refractivity contribution in [1.82, 2.24) is 0 Å². The first-order chi connectivity index (χ1) is 8.91. The molecule has 0 radical (unpaired) electrons. The standard InChI is InChI=1S/C10H12O8S2/c1-6(2)18-10(11)7-3-8(19(12,13)14)5-9(4-7)20(15,16)17/h3-6H,1-2H3,(H,12,13,14)(H,15,16,17). The van der Waals surface area contributed by atoms with Crippen molar-refractivity contribution in [3.63, 3.8) is 0 Å². The van der Waals surface area contributed by atoms with Crippen LogP contribution in [-0.2, 0) is 25.0 Å². The third-order valence-corrected chi connectivity index (χ3v) is 3.72. The van der Waals surface area contributed by atoms with Crippen molar-refractivity contribution >= 4 is 26.2 Å². The number of carbonyl (C=O) groups excluding carboxylic acids is 1. The van der Waals surface area contributed by atoms with Gasteiger partial charge in [0, 0.05) is 0 Å². The van der Waals surface area contributed by atoms with Crippen molar-refractivity contribution in [3.8, 4) is 0 Å². The molecule has 0 aromatic heterocycles. The van der Waals surface area contributed by atoms with E-state index < -0.39 is 47.7 Å². The molecule has 0 atom stereocenters. The Bertz CT molecular complexity index is 680. The van der Waals surface area contributed by atoms with Gasteiger partial charge in [-0.2, -0.15) is 16.8 Å². The van der Waals surface area contributed by atoms with Crippen LogP contribution in [0.3, 0.4) is 0 Å². The van der Waals surface area contributed by atoms with Crippen LogP contribution in [0.25, 0.3) is 0 Å². The number of hydrogen-bond acceptors (Lipinski definition) is 6. The fourth-order valence-electron chi connectivity index (χ4n) is 1.27. The van der Waals surface area contributed by atoms with E-state index in [4.69, 9.17) is 13.8 Å². The van der Waals surface area contributed by atoms with E-state index in [9.17, 15) is 21.6 Å². The largest absolute Gasteiger partial charge is 0.459 e. The fraction of sp³-hybridized carbons (Fsp3) is 0.300. The average molecular weight is 324 g/mol. The van der Waals surface area contributed by atoms with Gasteiger partial charge in [0.05, 0.1) is 21.5 Å². The van der Waals surface area contributed by atoms with Crippen molar-refractivity contribution < 1.29 is 35.5 Å². The first-order valence-corrected chi connectivity index (χ1v) is 8.10. The molecule has 1 aromatic carbocycles. The Labute approximate surface area is 115 Å². The highest BCUT2D eigenvalue weighted by molar-refractivity contribution is 7.86. The lowest BCUT2D eigenvalue weighted by atomic mass is 10.2. The molecular weight excluding hydrogens is 312 g/mol. The van der Waals surface area contributed by atoms with E-state index in [2.05, 4.69) is 0 Å². The smallest absolute Gasteiger partial charge is 0.338 e. The summed E-state index contributed by atoms with van der Waals surface area (Å²) in [6.07, 6.45) is -0.522. The predicted octanol–water partition coefficient (Wildman–Crippen LogP) is 0.745. The molecule has 0 saturated heterocycles. The molecule has 1 rings (SSSR count). The molecule has 0 amide bonds. The maximum atomic E-state index is 11.6. The summed E-state index contributed by atoms with van der Waals surface area (Å²) in [5, 5.41) is 0. The molecule has 10 heteroatoms. The van der Waals surface area contributed by atoms with Gasteiger partial charge in [-0.3, -0.25) is 9.11 Å². The minimum atomic E-state index is -4.75. The molecule has 0 heterocycles. The third-order valence-electron chi connectivity index (χ3n) is 2.05. The van der Waals surface area contributed by atoms with Crippen molar-refractivity contribution in [3.05, 3.63) is 23.8 Å². The molecule has 0 saturated carbocycles. The van der Waals surface area contributed by atoms with E-state index >= 15 is 0 Å². The van der Waals surface area contributed by atoms with Gasteiger partial charge in [0.15, 0.2) is 0 Å². The van der Waals surface area contributed by atoms with Gasteiger partial charge in [0.1, 0.15) is 0 Å². The van der Waals surface area contributed by atoms with Gasteiger partial charge in [0.25, 0.3) is 20.2 Å². The maximum absolute atomic E-state index is 11.6. The molecule has 0 bridgehead atoms. The third kappa shape index (κ3) is 4.27. The topological polar surface area (TPSA) is 135 Å². The lowest BCUT2D eigenvalue weighted by Crippen LogP contribution is -2.13. The second kappa shape index (κ2) is 5.48. The summed E-state index contributed by atoms with van der Waals surface area (Å²) in [4.78, 5) is 9.95. The second-order valence-corrected chi connectivity index (χ2v) is 6.94. The minimum absolute atomic E-state index is 0.429. The van der Waals surface area contributed by atoms with Crippen LogP contribution >= 0.6 is 0 Å². The summed E-state index contributed by atoms with van der Waals surface area (Å²) in [5.41, 5.74) is -0.429. The Hall–Kier alpha value is -1.49. The van der Waals surface area contributed by atoms with Crippen molar-refractivity contribution in [1.29, 1.82) is 0 Å². The van der Waals surface area contributed by atoms with Gasteiger partial charge in [-0.05, 0) is 32.0 Å². The molecule has 0 fully saturated rings. The second-order valence-electron chi connectivity index (χ2n) is 4.10. The zero-order chi connectivity index (χ0) is 15.7. The van der Waals surface area contributed by atoms with Crippen LogP contribution in [0.15, 0.2) is 28.0 Å². The molecule has 0 unspecified atom stereocenters. The summed E-state index contributed by atoms with van der Waals surface area (Å²) in [7, 11) is -9.51. The van der Waals surface area contributed by atoms with Gasteiger partial charge in [0.2, 0.25) is 0 Å². The lowest BCUT2D eigenvalue weighted by molar-refractivity contribution is 0.0377. The molecule has 8 nitrogen and oxygen atoms in total. The average Bonchev–Trinajstić information content (AvgIpc) is 2.25. The normalized spacial score (nSPS) is 12.4. The molecule has 2 N–H and O–H groups in total. The Kier molecular flexibility index (Phi) is 4.54. The van der Waals surface area contributed by atoms with Crippen molar-refractivity contribution in [2.24, 2.45) is 0 Å². The number of esters is 1. The molecule has 0 aliphatic carbocycles. The monoisotopic (exact) mass is 324 g/mol. The van der Waals surface area contributed by atoms with Gasteiger partial charge < -0.3 is 4.74 Å². The van der Waals surface area contributed by atoms with Crippen LogP contribution in [0.1, 0.15) is 24.2 Å². The van der Waals surface area contributed by atoms with E-state index in [1.54, 1.807) is 0 Å². The van der Waals surface area contributed by atoms with Gasteiger partial charge in [-0.25, -0.2) is 4.79 Å². The minimum Gasteiger partial charge on any atom is -0.459 e. The number of rotatable bonds is 4. The highest BCUT2D eigenvalue weighted by atomic mass is 32.2. The van der Waals surface area contributed by atoms with Crippen molar-refractivity contribution in [2.45, 2.75) is 29.7 Å². The Morgan fingerprint density at radius 2 is 1.40 bits per heavy atom. The first kappa shape index (κ1) is 16.6. The molecule has 0 aliphatic rings. The molecule has 1 aromatic rings. The first-order valence-electron chi connectivity index (χ1n) is 5.22. The molecule has 0 spiro atoms. The Morgan fingerprint density at radius 1 is 1.00 bits per heavy atom. The van der Waals surface area contributed by atoms with Gasteiger partial charge in [-0.1, -0.05) is 0 Å². The summed E-state index contributed by atoms with van der Waals surface area (Å²) in [5.74, 6) is -0.990. The number of hydrogen-bond donors (Lipinski definition) is 2. The Balaban J connectivity index is 3.51.